The van der Waals surface area contributed by atoms with Crippen molar-refractivity contribution < 1.29 is 9.53 Å². The second kappa shape index (κ2) is 10.4. The first kappa shape index (κ1) is 20.6. The van der Waals surface area contributed by atoms with Gasteiger partial charge in [-0.05, 0) is 35.4 Å². The summed E-state index contributed by atoms with van der Waals surface area (Å²) in [6, 6.07) is 27.9. The number of amides is 1. The average Bonchev–Trinajstić information content (AvgIpc) is 2.78. The van der Waals surface area contributed by atoms with Gasteiger partial charge in [0.05, 0.1) is 19.7 Å². The van der Waals surface area contributed by atoms with Gasteiger partial charge in [-0.15, -0.1) is 0 Å². The maximum Gasteiger partial charge on any atom is 0.234 e. The molecule has 0 fully saturated rings. The van der Waals surface area contributed by atoms with Crippen LogP contribution in [0.1, 0.15) is 29.7 Å². The molecule has 0 aliphatic carbocycles. The van der Waals surface area contributed by atoms with Crippen molar-refractivity contribution in [2.75, 3.05) is 20.2 Å². The predicted octanol–water partition coefficient (Wildman–Crippen LogP) is 4.42. The maximum absolute atomic E-state index is 12.9. The Labute approximate surface area is 173 Å². The van der Waals surface area contributed by atoms with Gasteiger partial charge in [0, 0.05) is 6.54 Å². The van der Waals surface area contributed by atoms with Gasteiger partial charge in [0.1, 0.15) is 5.75 Å². The highest BCUT2D eigenvalue weighted by atomic mass is 16.5. The molecule has 1 N–H and O–H groups in total. The molecule has 0 saturated heterocycles. The molecule has 3 rings (SSSR count). The Bertz CT molecular complexity index is 880. The van der Waals surface area contributed by atoms with Crippen molar-refractivity contribution >= 4 is 5.91 Å². The van der Waals surface area contributed by atoms with E-state index in [0.29, 0.717) is 6.54 Å². The summed E-state index contributed by atoms with van der Waals surface area (Å²) in [7, 11) is 1.65. The van der Waals surface area contributed by atoms with Crippen molar-refractivity contribution in [3.63, 3.8) is 0 Å². The van der Waals surface area contributed by atoms with Crippen LogP contribution in [0.15, 0.2) is 84.9 Å². The number of methoxy groups -OCH3 is 1. The number of likely N-dealkylation sites (N-methyl/N-ethyl adjacent to an activating group) is 1. The third-order valence-electron chi connectivity index (χ3n) is 4.95. The number of carbonyl (C=O) groups is 1. The fourth-order valence-corrected chi connectivity index (χ4v) is 3.33. The zero-order valence-corrected chi connectivity index (χ0v) is 17.0. The highest BCUT2D eigenvalue weighted by Gasteiger charge is 2.18. The lowest BCUT2D eigenvalue weighted by Crippen LogP contribution is -2.39. The summed E-state index contributed by atoms with van der Waals surface area (Å²) in [6.45, 7) is 3.99. The van der Waals surface area contributed by atoms with E-state index in [1.807, 2.05) is 72.8 Å². The minimum Gasteiger partial charge on any atom is -0.497 e. The molecule has 3 aromatic rings. The molecule has 0 heterocycles. The third kappa shape index (κ3) is 5.93. The first-order valence-corrected chi connectivity index (χ1v) is 9.94. The van der Waals surface area contributed by atoms with E-state index < -0.39 is 0 Å². The maximum atomic E-state index is 12.9. The molecule has 0 saturated carbocycles. The van der Waals surface area contributed by atoms with Gasteiger partial charge in [-0.3, -0.25) is 9.69 Å². The van der Waals surface area contributed by atoms with E-state index in [4.69, 9.17) is 4.74 Å². The van der Waals surface area contributed by atoms with Gasteiger partial charge in [-0.1, -0.05) is 79.7 Å². The summed E-state index contributed by atoms with van der Waals surface area (Å²) in [6.07, 6.45) is 0. The summed E-state index contributed by atoms with van der Waals surface area (Å²) in [5.41, 5.74) is 3.28. The Morgan fingerprint density at radius 1 is 0.897 bits per heavy atom. The van der Waals surface area contributed by atoms with Gasteiger partial charge in [0.15, 0.2) is 0 Å². The number of hydrogen-bond acceptors (Lipinski definition) is 3. The van der Waals surface area contributed by atoms with Crippen LogP contribution in [0.4, 0.5) is 0 Å². The molecule has 150 valence electrons. The normalized spacial score (nSPS) is 11.8. The van der Waals surface area contributed by atoms with Crippen LogP contribution in [0.2, 0.25) is 0 Å². The quantitative estimate of drug-likeness (QED) is 0.590. The molecule has 1 atom stereocenters. The molecule has 0 unspecified atom stereocenters. The number of nitrogens with zero attached hydrogens (tertiary/aromatic N) is 1. The van der Waals surface area contributed by atoms with Crippen molar-refractivity contribution in [1.29, 1.82) is 0 Å². The highest BCUT2D eigenvalue weighted by molar-refractivity contribution is 5.79. The second-order valence-electron chi connectivity index (χ2n) is 6.97. The number of nitrogens with one attached hydrogen (secondary N) is 1. The molecule has 0 radical (unpaired) electrons. The SMILES string of the molecule is CCN(CC(=O)N[C@H](c1ccccc1)c1ccc(OC)cc1)Cc1ccccc1. The first-order chi connectivity index (χ1) is 14.2. The number of benzene rings is 3. The third-order valence-corrected chi connectivity index (χ3v) is 4.95. The Balaban J connectivity index is 1.73. The van der Waals surface area contributed by atoms with E-state index in [0.717, 1.165) is 30.0 Å². The molecule has 1 amide bonds. The molecule has 4 nitrogen and oxygen atoms in total. The van der Waals surface area contributed by atoms with Gasteiger partial charge in [0.2, 0.25) is 5.91 Å². The monoisotopic (exact) mass is 388 g/mol. The van der Waals surface area contributed by atoms with Gasteiger partial charge in [-0.2, -0.15) is 0 Å². The van der Waals surface area contributed by atoms with Crippen molar-refractivity contribution in [3.8, 4) is 5.75 Å². The van der Waals surface area contributed by atoms with Gasteiger partial charge < -0.3 is 10.1 Å². The molecule has 0 bridgehead atoms. The lowest BCUT2D eigenvalue weighted by Gasteiger charge is -2.24. The van der Waals surface area contributed by atoms with E-state index in [1.54, 1.807) is 7.11 Å². The standard InChI is InChI=1S/C25H28N2O2/c1-3-27(18-20-10-6-4-7-11-20)19-24(28)26-25(21-12-8-5-9-13-21)22-14-16-23(29-2)17-15-22/h4-17,25H,3,18-19H2,1-2H3,(H,26,28)/t25-/m1/s1. The molecular weight excluding hydrogens is 360 g/mol. The minimum absolute atomic E-state index is 0.00690. The van der Waals surface area contributed by atoms with Gasteiger partial charge in [-0.25, -0.2) is 0 Å². The fraction of sp³-hybridized carbons (Fsp3) is 0.240. The van der Waals surface area contributed by atoms with E-state index >= 15 is 0 Å². The lowest BCUT2D eigenvalue weighted by molar-refractivity contribution is -0.122. The number of rotatable bonds is 9. The van der Waals surface area contributed by atoms with E-state index in [1.165, 1.54) is 5.56 Å². The largest absolute Gasteiger partial charge is 0.497 e. The smallest absolute Gasteiger partial charge is 0.234 e. The molecule has 0 spiro atoms. The number of hydrogen-bond donors (Lipinski definition) is 1. The van der Waals surface area contributed by atoms with Crippen LogP contribution in [0, 0.1) is 0 Å². The van der Waals surface area contributed by atoms with E-state index in [9.17, 15) is 4.79 Å². The van der Waals surface area contributed by atoms with Gasteiger partial charge in [0.25, 0.3) is 0 Å². The average molecular weight is 389 g/mol. The van der Waals surface area contributed by atoms with Crippen LogP contribution in [0.5, 0.6) is 5.75 Å². The summed E-state index contributed by atoms with van der Waals surface area (Å²) >= 11 is 0. The van der Waals surface area contributed by atoms with Gasteiger partial charge >= 0.3 is 0 Å². The summed E-state index contributed by atoms with van der Waals surface area (Å²) in [5, 5.41) is 3.22. The molecule has 0 aliphatic rings. The number of carbonyl (C=O) groups excluding carboxylic acids is 1. The Hall–Kier alpha value is -3.11. The zero-order valence-electron chi connectivity index (χ0n) is 17.0. The summed E-state index contributed by atoms with van der Waals surface area (Å²) in [4.78, 5) is 15.0. The van der Waals surface area contributed by atoms with Crippen molar-refractivity contribution in [2.45, 2.75) is 19.5 Å². The van der Waals surface area contributed by atoms with Crippen molar-refractivity contribution in [3.05, 3.63) is 102 Å². The van der Waals surface area contributed by atoms with Crippen LogP contribution in [0.25, 0.3) is 0 Å². The second-order valence-corrected chi connectivity index (χ2v) is 6.97. The van der Waals surface area contributed by atoms with Crippen LogP contribution in [-0.2, 0) is 11.3 Å². The molecule has 0 aliphatic heterocycles. The molecule has 3 aromatic carbocycles. The lowest BCUT2D eigenvalue weighted by atomic mass is 9.98. The molecular formula is C25H28N2O2. The molecule has 29 heavy (non-hydrogen) atoms. The molecule has 0 aromatic heterocycles. The summed E-state index contributed by atoms with van der Waals surface area (Å²) in [5.74, 6) is 0.805. The minimum atomic E-state index is -0.204. The predicted molar refractivity (Wildman–Crippen MR) is 117 cm³/mol. The zero-order chi connectivity index (χ0) is 20.5. The van der Waals surface area contributed by atoms with Crippen LogP contribution in [-0.4, -0.2) is 31.0 Å². The Morgan fingerprint density at radius 2 is 1.48 bits per heavy atom. The van der Waals surface area contributed by atoms with Crippen molar-refractivity contribution in [1.82, 2.24) is 10.2 Å². The van der Waals surface area contributed by atoms with Crippen LogP contribution in [0.3, 0.4) is 0 Å². The van der Waals surface area contributed by atoms with E-state index in [-0.39, 0.29) is 11.9 Å². The van der Waals surface area contributed by atoms with Crippen molar-refractivity contribution in [2.24, 2.45) is 0 Å². The summed E-state index contributed by atoms with van der Waals surface area (Å²) < 4.78 is 5.27. The fourth-order valence-electron chi connectivity index (χ4n) is 3.33. The number of ether oxygens (including phenoxy) is 1. The van der Waals surface area contributed by atoms with E-state index in [2.05, 4.69) is 29.3 Å². The topological polar surface area (TPSA) is 41.6 Å². The van der Waals surface area contributed by atoms with Crippen LogP contribution >= 0.6 is 0 Å². The first-order valence-electron chi connectivity index (χ1n) is 9.94. The highest BCUT2D eigenvalue weighted by Crippen LogP contribution is 2.24. The Kier molecular flexibility index (Phi) is 7.42. The Morgan fingerprint density at radius 3 is 2.07 bits per heavy atom. The van der Waals surface area contributed by atoms with Crippen LogP contribution < -0.4 is 10.1 Å². The molecule has 4 heteroatoms.